The minimum Gasteiger partial charge on any atom is -0.384 e. The van der Waals surface area contributed by atoms with Crippen LogP contribution in [0.25, 0.3) is 0 Å². The van der Waals surface area contributed by atoms with Crippen LogP contribution in [0.1, 0.15) is 17.0 Å². The molecule has 2 aromatic rings. The van der Waals surface area contributed by atoms with Crippen molar-refractivity contribution in [2.45, 2.75) is 17.8 Å². The molecule has 0 aliphatic rings. The van der Waals surface area contributed by atoms with Crippen molar-refractivity contribution >= 4 is 11.8 Å². The molecule has 6 heteroatoms. The van der Waals surface area contributed by atoms with Crippen molar-refractivity contribution in [3.05, 3.63) is 41.0 Å². The second kappa shape index (κ2) is 6.55. The Bertz CT molecular complexity index is 673. The largest absolute Gasteiger partial charge is 0.384 e. The Kier molecular flexibility index (Phi) is 4.77. The third-order valence-corrected chi connectivity index (χ3v) is 3.84. The first kappa shape index (κ1) is 14.6. The van der Waals surface area contributed by atoms with Gasteiger partial charge in [0.25, 0.3) is 0 Å². The molecule has 0 unspecified atom stereocenters. The third-order valence-electron chi connectivity index (χ3n) is 2.77. The first-order chi connectivity index (χ1) is 9.61. The normalized spacial score (nSPS) is 10.2. The van der Waals surface area contributed by atoms with Crippen molar-refractivity contribution in [1.82, 2.24) is 14.8 Å². The minimum atomic E-state index is -0.305. The maximum absolute atomic E-state index is 13.9. The Morgan fingerprint density at radius 3 is 2.80 bits per heavy atom. The van der Waals surface area contributed by atoms with Gasteiger partial charge in [0, 0.05) is 18.4 Å². The van der Waals surface area contributed by atoms with E-state index in [1.165, 1.54) is 17.8 Å². The van der Waals surface area contributed by atoms with E-state index in [-0.39, 0.29) is 12.4 Å². The van der Waals surface area contributed by atoms with Gasteiger partial charge in [0.1, 0.15) is 18.2 Å². The van der Waals surface area contributed by atoms with Gasteiger partial charge in [-0.25, -0.2) is 4.39 Å². The molecule has 0 saturated carbocycles. The topological polar surface area (TPSA) is 50.9 Å². The number of rotatable bonds is 3. The molecule has 2 rings (SSSR count). The summed E-state index contributed by atoms with van der Waals surface area (Å²) in [5.41, 5.74) is 1.14. The maximum Gasteiger partial charge on any atom is 0.191 e. The van der Waals surface area contributed by atoms with Crippen LogP contribution in [-0.2, 0) is 12.8 Å². The number of aliphatic hydroxyl groups excluding tert-OH is 1. The molecule has 4 nitrogen and oxygen atoms in total. The quantitative estimate of drug-likeness (QED) is 0.693. The number of nitrogens with zero attached hydrogens (tertiary/aromatic N) is 3. The van der Waals surface area contributed by atoms with Crippen molar-refractivity contribution in [1.29, 1.82) is 0 Å². The summed E-state index contributed by atoms with van der Waals surface area (Å²) >= 11 is 1.43. The Balaban J connectivity index is 2.08. The molecule has 0 saturated heterocycles. The second-order valence-corrected chi connectivity index (χ2v) is 5.09. The van der Waals surface area contributed by atoms with Crippen molar-refractivity contribution in [2.24, 2.45) is 7.05 Å². The number of hydrogen-bond donors (Lipinski definition) is 1. The van der Waals surface area contributed by atoms with E-state index in [1.807, 2.05) is 18.5 Å². The average Bonchev–Trinajstić information content (AvgIpc) is 2.76. The Hall–Kier alpha value is -1.84. The van der Waals surface area contributed by atoms with Crippen LogP contribution in [0.3, 0.4) is 0 Å². The van der Waals surface area contributed by atoms with E-state index in [0.717, 1.165) is 11.0 Å². The van der Waals surface area contributed by atoms with Crippen molar-refractivity contribution in [3.63, 3.8) is 0 Å². The molecule has 0 bridgehead atoms. The fraction of sp³-hybridized carbons (Fsp3) is 0.286. The van der Waals surface area contributed by atoms with Crippen molar-refractivity contribution in [3.8, 4) is 11.8 Å². The Morgan fingerprint density at radius 2 is 2.20 bits per heavy atom. The van der Waals surface area contributed by atoms with Crippen LogP contribution < -0.4 is 0 Å². The summed E-state index contributed by atoms with van der Waals surface area (Å²) in [4.78, 5) is 0. The molecule has 0 aliphatic carbocycles. The van der Waals surface area contributed by atoms with Gasteiger partial charge < -0.3 is 9.67 Å². The van der Waals surface area contributed by atoms with Crippen LogP contribution in [0.5, 0.6) is 0 Å². The molecule has 0 atom stereocenters. The Labute approximate surface area is 121 Å². The Morgan fingerprint density at radius 1 is 1.40 bits per heavy atom. The zero-order valence-electron chi connectivity index (χ0n) is 11.2. The highest BCUT2D eigenvalue weighted by Gasteiger charge is 2.08. The summed E-state index contributed by atoms with van der Waals surface area (Å²) in [6, 6.07) is 4.82. The van der Waals surface area contributed by atoms with Crippen LogP contribution in [0, 0.1) is 24.6 Å². The molecule has 0 fully saturated rings. The second-order valence-electron chi connectivity index (χ2n) is 4.14. The summed E-state index contributed by atoms with van der Waals surface area (Å²) < 4.78 is 15.8. The molecule has 1 aromatic heterocycles. The highest BCUT2D eigenvalue weighted by molar-refractivity contribution is 7.98. The van der Waals surface area contributed by atoms with Crippen LogP contribution in [-0.4, -0.2) is 26.5 Å². The number of thioether (sulfide) groups is 1. The fourth-order valence-corrected chi connectivity index (χ4v) is 2.48. The summed E-state index contributed by atoms with van der Waals surface area (Å²) in [7, 11) is 1.88. The van der Waals surface area contributed by atoms with Crippen LogP contribution in [0.15, 0.2) is 23.4 Å². The predicted molar refractivity (Wildman–Crippen MR) is 75.7 cm³/mol. The van der Waals surface area contributed by atoms with Gasteiger partial charge in [-0.05, 0) is 24.6 Å². The molecular formula is C14H14FN3OS. The lowest BCUT2D eigenvalue weighted by atomic mass is 10.1. The molecule has 1 aromatic carbocycles. The van der Waals surface area contributed by atoms with Gasteiger partial charge in [-0.2, -0.15) is 0 Å². The number of benzene rings is 1. The van der Waals surface area contributed by atoms with Crippen molar-refractivity contribution in [2.75, 3.05) is 6.61 Å². The van der Waals surface area contributed by atoms with Gasteiger partial charge >= 0.3 is 0 Å². The van der Waals surface area contributed by atoms with Gasteiger partial charge in [-0.3, -0.25) is 0 Å². The lowest BCUT2D eigenvalue weighted by molar-refractivity contribution is 0.350. The number of hydrogen-bond acceptors (Lipinski definition) is 4. The standard InChI is InChI=1S/C14H14FN3OS/c1-10-16-17-14(18(10)2)20-9-12-6-5-11(4-3-7-19)8-13(12)15/h5-6,8,19H,7,9H2,1-2H3. The van der Waals surface area contributed by atoms with E-state index < -0.39 is 0 Å². The number of aryl methyl sites for hydroxylation is 1. The molecule has 20 heavy (non-hydrogen) atoms. The van der Waals surface area contributed by atoms with Crippen LogP contribution >= 0.6 is 11.8 Å². The summed E-state index contributed by atoms with van der Waals surface area (Å²) in [5, 5.41) is 17.3. The SMILES string of the molecule is Cc1nnc(SCc2ccc(C#CCO)cc2F)n1C. The van der Waals surface area contributed by atoms with Gasteiger partial charge in [0.2, 0.25) is 0 Å². The molecule has 1 heterocycles. The number of aromatic nitrogens is 3. The number of aliphatic hydroxyl groups is 1. The molecule has 0 aliphatic heterocycles. The first-order valence-electron chi connectivity index (χ1n) is 5.98. The summed E-state index contributed by atoms with van der Waals surface area (Å²) in [5.74, 6) is 6.16. The third kappa shape index (κ3) is 3.38. The smallest absolute Gasteiger partial charge is 0.191 e. The monoisotopic (exact) mass is 291 g/mol. The van der Waals surface area contributed by atoms with Crippen molar-refractivity contribution < 1.29 is 9.50 Å². The van der Waals surface area contributed by atoms with Gasteiger partial charge in [0.15, 0.2) is 5.16 Å². The lowest BCUT2D eigenvalue weighted by Gasteiger charge is -2.04. The summed E-state index contributed by atoms with van der Waals surface area (Å²) in [6.45, 7) is 1.64. The van der Waals surface area contributed by atoms with E-state index in [4.69, 9.17) is 5.11 Å². The number of halogens is 1. The van der Waals surface area contributed by atoms with E-state index >= 15 is 0 Å². The van der Waals surface area contributed by atoms with Gasteiger partial charge in [-0.15, -0.1) is 10.2 Å². The molecule has 104 valence electrons. The van der Waals surface area contributed by atoms with Crippen LogP contribution in [0.2, 0.25) is 0 Å². The zero-order valence-corrected chi connectivity index (χ0v) is 12.0. The van der Waals surface area contributed by atoms with Crippen LogP contribution in [0.4, 0.5) is 4.39 Å². The van der Waals surface area contributed by atoms with E-state index in [2.05, 4.69) is 22.0 Å². The lowest BCUT2D eigenvalue weighted by Crippen LogP contribution is -1.95. The zero-order chi connectivity index (χ0) is 14.5. The minimum absolute atomic E-state index is 0.231. The van der Waals surface area contributed by atoms with E-state index in [1.54, 1.807) is 12.1 Å². The van der Waals surface area contributed by atoms with E-state index in [0.29, 0.717) is 16.9 Å². The highest BCUT2D eigenvalue weighted by Crippen LogP contribution is 2.22. The molecule has 0 amide bonds. The van der Waals surface area contributed by atoms with E-state index in [9.17, 15) is 4.39 Å². The molecule has 1 N–H and O–H groups in total. The average molecular weight is 291 g/mol. The fourth-order valence-electron chi connectivity index (χ4n) is 1.54. The first-order valence-corrected chi connectivity index (χ1v) is 6.97. The molecular weight excluding hydrogens is 277 g/mol. The maximum atomic E-state index is 13.9. The summed E-state index contributed by atoms with van der Waals surface area (Å²) in [6.07, 6.45) is 0. The predicted octanol–water partition coefficient (Wildman–Crippen LogP) is 1.90. The highest BCUT2D eigenvalue weighted by atomic mass is 32.2. The molecule has 0 radical (unpaired) electrons. The van der Waals surface area contributed by atoms with Gasteiger partial charge in [0.05, 0.1) is 0 Å². The molecule has 0 spiro atoms. The van der Waals surface area contributed by atoms with Gasteiger partial charge in [-0.1, -0.05) is 29.7 Å².